The summed E-state index contributed by atoms with van der Waals surface area (Å²) in [4.78, 5) is 0. The number of rotatable bonds is 3. The highest BCUT2D eigenvalue weighted by molar-refractivity contribution is 9.10. The molecule has 3 aromatic rings. The van der Waals surface area contributed by atoms with Gasteiger partial charge in [0.1, 0.15) is 0 Å². The van der Waals surface area contributed by atoms with Gasteiger partial charge in [-0.15, -0.1) is 0 Å². The van der Waals surface area contributed by atoms with E-state index in [0.717, 1.165) is 11.0 Å². The normalized spacial score (nSPS) is 10.7. The second-order valence-corrected chi connectivity index (χ2v) is 5.82. The van der Waals surface area contributed by atoms with E-state index in [9.17, 15) is 0 Å². The van der Waals surface area contributed by atoms with Gasteiger partial charge in [0.15, 0.2) is 0 Å². The van der Waals surface area contributed by atoms with Crippen LogP contribution in [0.5, 0.6) is 0 Å². The monoisotopic (exact) mass is 325 g/mol. The fraction of sp³-hybridized carbons (Fsp3) is 0.111. The van der Waals surface area contributed by atoms with E-state index in [4.69, 9.17) is 0 Å². The number of fused-ring (bicyclic) bond motifs is 1. The highest BCUT2D eigenvalue weighted by Gasteiger charge is 2.01. The Morgan fingerprint density at radius 2 is 1.75 bits per heavy atom. The summed E-state index contributed by atoms with van der Waals surface area (Å²) in [5.74, 6) is 0. The molecule has 100 valence electrons. The average Bonchev–Trinajstić information content (AvgIpc) is 2.48. The van der Waals surface area contributed by atoms with Gasteiger partial charge in [0.05, 0.1) is 0 Å². The number of nitrogens with one attached hydrogen (secondary N) is 1. The standard InChI is InChI=1S/C18H16BrN/c1-13-9-10-14(11-17(13)19)12-20-18-8-4-6-15-5-2-3-7-16(15)18/h2-11,20H,12H2,1H3. The summed E-state index contributed by atoms with van der Waals surface area (Å²) < 4.78 is 1.16. The fourth-order valence-electron chi connectivity index (χ4n) is 2.32. The number of benzene rings is 3. The van der Waals surface area contributed by atoms with Gasteiger partial charge in [0.25, 0.3) is 0 Å². The van der Waals surface area contributed by atoms with Crippen LogP contribution in [0.3, 0.4) is 0 Å². The molecule has 0 spiro atoms. The molecule has 0 radical (unpaired) electrons. The molecule has 0 saturated heterocycles. The first-order valence-corrected chi connectivity index (χ1v) is 7.50. The van der Waals surface area contributed by atoms with Crippen LogP contribution in [-0.2, 0) is 6.54 Å². The zero-order chi connectivity index (χ0) is 13.9. The molecule has 0 saturated carbocycles. The van der Waals surface area contributed by atoms with Gasteiger partial charge in [0.2, 0.25) is 0 Å². The Hall–Kier alpha value is -1.80. The zero-order valence-corrected chi connectivity index (χ0v) is 12.9. The fourth-order valence-corrected chi connectivity index (χ4v) is 2.75. The van der Waals surface area contributed by atoms with Crippen molar-refractivity contribution in [3.05, 3.63) is 76.3 Å². The minimum Gasteiger partial charge on any atom is -0.380 e. The Morgan fingerprint density at radius 3 is 2.60 bits per heavy atom. The Balaban J connectivity index is 1.85. The average molecular weight is 326 g/mol. The SMILES string of the molecule is Cc1ccc(CNc2cccc3ccccc23)cc1Br. The Bertz CT molecular complexity index is 744. The second-order valence-electron chi connectivity index (χ2n) is 4.96. The molecule has 0 atom stereocenters. The smallest absolute Gasteiger partial charge is 0.0422 e. The summed E-state index contributed by atoms with van der Waals surface area (Å²) in [5, 5.41) is 6.06. The van der Waals surface area contributed by atoms with E-state index in [-0.39, 0.29) is 0 Å². The largest absolute Gasteiger partial charge is 0.380 e. The number of aryl methyl sites for hydroxylation is 1. The van der Waals surface area contributed by atoms with Crippen molar-refractivity contribution < 1.29 is 0 Å². The minimum atomic E-state index is 0.826. The quantitative estimate of drug-likeness (QED) is 0.668. The summed E-state index contributed by atoms with van der Waals surface area (Å²) in [5.41, 5.74) is 3.72. The third-order valence-electron chi connectivity index (χ3n) is 3.51. The van der Waals surface area contributed by atoms with Gasteiger partial charge in [-0.1, -0.05) is 64.5 Å². The van der Waals surface area contributed by atoms with Crippen LogP contribution in [-0.4, -0.2) is 0 Å². The van der Waals surface area contributed by atoms with Crippen molar-refractivity contribution in [2.75, 3.05) is 5.32 Å². The summed E-state index contributed by atoms with van der Waals surface area (Å²) in [6.45, 7) is 2.93. The van der Waals surface area contributed by atoms with Crippen LogP contribution >= 0.6 is 15.9 Å². The third-order valence-corrected chi connectivity index (χ3v) is 4.36. The van der Waals surface area contributed by atoms with Crippen LogP contribution in [0.1, 0.15) is 11.1 Å². The van der Waals surface area contributed by atoms with Gasteiger partial charge in [-0.3, -0.25) is 0 Å². The molecule has 3 rings (SSSR count). The Morgan fingerprint density at radius 1 is 0.950 bits per heavy atom. The van der Waals surface area contributed by atoms with Crippen LogP contribution in [0.15, 0.2) is 65.1 Å². The molecule has 2 heteroatoms. The van der Waals surface area contributed by atoms with Crippen molar-refractivity contribution >= 4 is 32.4 Å². The molecule has 0 aliphatic heterocycles. The van der Waals surface area contributed by atoms with Gasteiger partial charge in [-0.25, -0.2) is 0 Å². The number of hydrogen-bond donors (Lipinski definition) is 1. The Labute approximate surface area is 127 Å². The predicted molar refractivity (Wildman–Crippen MR) is 90.2 cm³/mol. The maximum absolute atomic E-state index is 3.58. The summed E-state index contributed by atoms with van der Waals surface area (Å²) in [7, 11) is 0. The highest BCUT2D eigenvalue weighted by Crippen LogP contribution is 2.24. The molecular weight excluding hydrogens is 310 g/mol. The first-order valence-electron chi connectivity index (χ1n) is 6.71. The first kappa shape index (κ1) is 13.2. The molecule has 1 nitrogen and oxygen atoms in total. The lowest BCUT2D eigenvalue weighted by Gasteiger charge is -2.10. The molecule has 0 amide bonds. The molecule has 1 N–H and O–H groups in total. The van der Waals surface area contributed by atoms with Crippen LogP contribution in [0.2, 0.25) is 0 Å². The maximum atomic E-state index is 3.58. The van der Waals surface area contributed by atoms with E-state index in [1.807, 2.05) is 0 Å². The lowest BCUT2D eigenvalue weighted by Crippen LogP contribution is -2.00. The van der Waals surface area contributed by atoms with Crippen LogP contribution in [0.25, 0.3) is 10.8 Å². The van der Waals surface area contributed by atoms with E-state index in [0.29, 0.717) is 0 Å². The summed E-state index contributed by atoms with van der Waals surface area (Å²) in [6.07, 6.45) is 0. The van der Waals surface area contributed by atoms with Crippen molar-refractivity contribution in [1.29, 1.82) is 0 Å². The molecular formula is C18H16BrN. The highest BCUT2D eigenvalue weighted by atomic mass is 79.9. The minimum absolute atomic E-state index is 0.826. The first-order chi connectivity index (χ1) is 9.74. The van der Waals surface area contributed by atoms with Gasteiger partial charge < -0.3 is 5.32 Å². The molecule has 0 unspecified atom stereocenters. The third kappa shape index (κ3) is 2.70. The number of hydrogen-bond acceptors (Lipinski definition) is 1. The molecule has 20 heavy (non-hydrogen) atoms. The van der Waals surface area contributed by atoms with E-state index in [1.54, 1.807) is 0 Å². The molecule has 0 aliphatic carbocycles. The molecule has 0 heterocycles. The van der Waals surface area contributed by atoms with Crippen molar-refractivity contribution in [2.45, 2.75) is 13.5 Å². The van der Waals surface area contributed by atoms with Crippen LogP contribution in [0, 0.1) is 6.92 Å². The van der Waals surface area contributed by atoms with Crippen molar-refractivity contribution in [3.8, 4) is 0 Å². The van der Waals surface area contributed by atoms with Crippen molar-refractivity contribution in [2.24, 2.45) is 0 Å². The zero-order valence-electron chi connectivity index (χ0n) is 11.4. The predicted octanol–water partition coefficient (Wildman–Crippen LogP) is 5.52. The molecule has 0 aliphatic rings. The van der Waals surface area contributed by atoms with Gasteiger partial charge in [0, 0.05) is 22.1 Å². The topological polar surface area (TPSA) is 12.0 Å². The molecule has 0 aromatic heterocycles. The van der Waals surface area contributed by atoms with Crippen molar-refractivity contribution in [1.82, 2.24) is 0 Å². The summed E-state index contributed by atoms with van der Waals surface area (Å²) >= 11 is 3.58. The van der Waals surface area contributed by atoms with Crippen LogP contribution < -0.4 is 5.32 Å². The molecule has 0 fully saturated rings. The van der Waals surface area contributed by atoms with Crippen LogP contribution in [0.4, 0.5) is 5.69 Å². The van der Waals surface area contributed by atoms with Crippen molar-refractivity contribution in [3.63, 3.8) is 0 Å². The van der Waals surface area contributed by atoms with E-state index in [2.05, 4.69) is 88.8 Å². The number of anilines is 1. The second kappa shape index (κ2) is 5.68. The number of halogens is 1. The van der Waals surface area contributed by atoms with Gasteiger partial charge >= 0.3 is 0 Å². The van der Waals surface area contributed by atoms with E-state index >= 15 is 0 Å². The van der Waals surface area contributed by atoms with Gasteiger partial charge in [-0.2, -0.15) is 0 Å². The summed E-state index contributed by atoms with van der Waals surface area (Å²) in [6, 6.07) is 21.3. The molecule has 3 aromatic carbocycles. The van der Waals surface area contributed by atoms with E-state index in [1.165, 1.54) is 27.6 Å². The van der Waals surface area contributed by atoms with E-state index < -0.39 is 0 Å². The Kier molecular flexibility index (Phi) is 3.75. The van der Waals surface area contributed by atoms with Gasteiger partial charge in [-0.05, 0) is 35.6 Å². The lowest BCUT2D eigenvalue weighted by molar-refractivity contribution is 1.14. The molecule has 0 bridgehead atoms. The maximum Gasteiger partial charge on any atom is 0.0422 e. The lowest BCUT2D eigenvalue weighted by atomic mass is 10.1.